The van der Waals surface area contributed by atoms with Gasteiger partial charge in [-0.3, -0.25) is 4.79 Å². The van der Waals surface area contributed by atoms with E-state index in [1.807, 2.05) is 6.07 Å². The first kappa shape index (κ1) is 13.6. The van der Waals surface area contributed by atoms with Crippen molar-refractivity contribution in [3.8, 4) is 5.75 Å². The predicted molar refractivity (Wildman–Crippen MR) is 70.4 cm³/mol. The average Bonchev–Trinajstić information content (AvgIpc) is 2.36. The highest BCUT2D eigenvalue weighted by atomic mass is 16.6. The number of fused-ring (bicyclic) bond motifs is 1. The molecule has 0 N–H and O–H groups in total. The molecule has 0 heterocycles. The van der Waals surface area contributed by atoms with Gasteiger partial charge in [0, 0.05) is 12.0 Å². The van der Waals surface area contributed by atoms with Crippen LogP contribution in [0.4, 0.5) is 0 Å². The largest absolute Gasteiger partial charge is 0.482 e. The van der Waals surface area contributed by atoms with Gasteiger partial charge in [-0.05, 0) is 50.5 Å². The molecule has 0 saturated heterocycles. The lowest BCUT2D eigenvalue weighted by atomic mass is 9.91. The highest BCUT2D eigenvalue weighted by molar-refractivity contribution is 5.98. The van der Waals surface area contributed by atoms with Gasteiger partial charge >= 0.3 is 5.97 Å². The van der Waals surface area contributed by atoms with Gasteiger partial charge in [0.1, 0.15) is 5.75 Å². The minimum atomic E-state index is -0.385. The fourth-order valence-electron chi connectivity index (χ4n) is 2.15. The minimum absolute atomic E-state index is 0.106. The van der Waals surface area contributed by atoms with Crippen molar-refractivity contribution in [3.63, 3.8) is 0 Å². The van der Waals surface area contributed by atoms with Crippen LogP contribution in [-0.2, 0) is 16.0 Å². The second-order valence-electron chi connectivity index (χ2n) is 4.92. The van der Waals surface area contributed by atoms with Crippen LogP contribution < -0.4 is 4.74 Å². The van der Waals surface area contributed by atoms with E-state index in [-0.39, 0.29) is 24.5 Å². The van der Waals surface area contributed by atoms with E-state index in [1.165, 1.54) is 0 Å². The summed E-state index contributed by atoms with van der Waals surface area (Å²) in [4.78, 5) is 23.0. The molecule has 0 saturated carbocycles. The van der Waals surface area contributed by atoms with E-state index in [0.29, 0.717) is 12.2 Å². The molecule has 0 unspecified atom stereocenters. The normalized spacial score (nSPS) is 14.2. The minimum Gasteiger partial charge on any atom is -0.482 e. The van der Waals surface area contributed by atoms with Gasteiger partial charge in [0.25, 0.3) is 0 Å². The molecule has 0 bridgehead atoms. The van der Waals surface area contributed by atoms with Crippen molar-refractivity contribution in [1.82, 2.24) is 0 Å². The molecular formula is C15H18O4. The Labute approximate surface area is 112 Å². The molecule has 4 nitrogen and oxygen atoms in total. The van der Waals surface area contributed by atoms with Crippen LogP contribution in [0.5, 0.6) is 5.75 Å². The number of esters is 1. The lowest BCUT2D eigenvalue weighted by Gasteiger charge is -2.16. The fraction of sp³-hybridized carbons (Fsp3) is 0.467. The Morgan fingerprint density at radius 3 is 2.84 bits per heavy atom. The number of ether oxygens (including phenoxy) is 2. The molecule has 2 rings (SSSR count). The number of hydrogen-bond acceptors (Lipinski definition) is 4. The number of aryl methyl sites for hydroxylation is 1. The molecule has 0 amide bonds. The van der Waals surface area contributed by atoms with E-state index >= 15 is 0 Å². The number of ketones is 1. The first-order chi connectivity index (χ1) is 9.06. The summed E-state index contributed by atoms with van der Waals surface area (Å²) in [5, 5.41) is 0. The van der Waals surface area contributed by atoms with Crippen molar-refractivity contribution in [2.45, 2.75) is 39.2 Å². The van der Waals surface area contributed by atoms with Gasteiger partial charge in [0.05, 0.1) is 6.10 Å². The summed E-state index contributed by atoms with van der Waals surface area (Å²) < 4.78 is 10.4. The second-order valence-corrected chi connectivity index (χ2v) is 4.92. The lowest BCUT2D eigenvalue weighted by Crippen LogP contribution is -2.19. The Bertz CT molecular complexity index is 491. The van der Waals surface area contributed by atoms with Gasteiger partial charge < -0.3 is 9.47 Å². The summed E-state index contributed by atoms with van der Waals surface area (Å²) in [6.07, 6.45) is 2.24. The number of benzene rings is 1. The van der Waals surface area contributed by atoms with E-state index in [0.717, 1.165) is 24.0 Å². The summed E-state index contributed by atoms with van der Waals surface area (Å²) >= 11 is 0. The van der Waals surface area contributed by atoms with Crippen molar-refractivity contribution in [3.05, 3.63) is 29.3 Å². The van der Waals surface area contributed by atoms with Crippen molar-refractivity contribution >= 4 is 11.8 Å². The Morgan fingerprint density at radius 2 is 2.11 bits per heavy atom. The van der Waals surface area contributed by atoms with E-state index in [4.69, 9.17) is 9.47 Å². The maximum atomic E-state index is 11.7. The van der Waals surface area contributed by atoms with E-state index in [9.17, 15) is 9.59 Å². The number of rotatable bonds is 4. The van der Waals surface area contributed by atoms with Gasteiger partial charge in [-0.15, -0.1) is 0 Å². The Kier molecular flexibility index (Phi) is 4.20. The van der Waals surface area contributed by atoms with Crippen LogP contribution in [0.2, 0.25) is 0 Å². The van der Waals surface area contributed by atoms with Crippen LogP contribution in [0.3, 0.4) is 0 Å². The molecule has 1 aliphatic carbocycles. The highest BCUT2D eigenvalue weighted by Gasteiger charge is 2.17. The zero-order valence-corrected chi connectivity index (χ0v) is 11.3. The molecule has 0 radical (unpaired) electrons. The average molecular weight is 262 g/mol. The van der Waals surface area contributed by atoms with Crippen molar-refractivity contribution in [2.75, 3.05) is 6.61 Å². The number of hydrogen-bond donors (Lipinski definition) is 0. The number of carbonyl (C=O) groups excluding carboxylic acids is 2. The third-order valence-corrected chi connectivity index (χ3v) is 2.95. The molecule has 0 atom stereocenters. The van der Waals surface area contributed by atoms with Crippen LogP contribution in [0.15, 0.2) is 18.2 Å². The Hall–Kier alpha value is -1.84. The van der Waals surface area contributed by atoms with E-state index in [1.54, 1.807) is 26.0 Å². The predicted octanol–water partition coefficient (Wildman–Crippen LogP) is 2.54. The fourth-order valence-corrected chi connectivity index (χ4v) is 2.15. The highest BCUT2D eigenvalue weighted by Crippen LogP contribution is 2.25. The third-order valence-electron chi connectivity index (χ3n) is 2.95. The van der Waals surface area contributed by atoms with Crippen LogP contribution in [0, 0.1) is 0 Å². The van der Waals surface area contributed by atoms with Crippen LogP contribution in [-0.4, -0.2) is 24.5 Å². The monoisotopic (exact) mass is 262 g/mol. The molecule has 1 aromatic carbocycles. The van der Waals surface area contributed by atoms with Crippen LogP contribution >= 0.6 is 0 Å². The summed E-state index contributed by atoms with van der Waals surface area (Å²) in [6.45, 7) is 3.48. The molecule has 1 aromatic rings. The molecule has 0 spiro atoms. The van der Waals surface area contributed by atoms with Gasteiger partial charge in [0.2, 0.25) is 0 Å². The molecule has 0 fully saturated rings. The van der Waals surface area contributed by atoms with E-state index < -0.39 is 0 Å². The first-order valence-corrected chi connectivity index (χ1v) is 6.54. The SMILES string of the molecule is CC(C)OC(=O)COc1ccc2c(c1)CCCC2=O. The molecule has 4 heteroatoms. The summed E-state index contributed by atoms with van der Waals surface area (Å²) in [6, 6.07) is 5.35. The maximum Gasteiger partial charge on any atom is 0.344 e. The summed E-state index contributed by atoms with van der Waals surface area (Å²) in [5.41, 5.74) is 1.79. The zero-order chi connectivity index (χ0) is 13.8. The van der Waals surface area contributed by atoms with Crippen LogP contribution in [0.25, 0.3) is 0 Å². The molecule has 1 aliphatic rings. The molecule has 102 valence electrons. The lowest BCUT2D eigenvalue weighted by molar-refractivity contribution is -0.149. The Morgan fingerprint density at radius 1 is 1.32 bits per heavy atom. The topological polar surface area (TPSA) is 52.6 Å². The van der Waals surface area contributed by atoms with Gasteiger partial charge in [0.15, 0.2) is 12.4 Å². The van der Waals surface area contributed by atoms with Gasteiger partial charge in [-0.2, -0.15) is 0 Å². The number of carbonyl (C=O) groups is 2. The quantitative estimate of drug-likeness (QED) is 0.782. The van der Waals surface area contributed by atoms with Crippen molar-refractivity contribution < 1.29 is 19.1 Å². The first-order valence-electron chi connectivity index (χ1n) is 6.54. The second kappa shape index (κ2) is 5.87. The molecule has 0 aliphatic heterocycles. The van der Waals surface area contributed by atoms with E-state index in [2.05, 4.69) is 0 Å². The van der Waals surface area contributed by atoms with Gasteiger partial charge in [-0.25, -0.2) is 4.79 Å². The van der Waals surface area contributed by atoms with Gasteiger partial charge in [-0.1, -0.05) is 0 Å². The maximum absolute atomic E-state index is 11.7. The zero-order valence-electron chi connectivity index (χ0n) is 11.3. The third kappa shape index (κ3) is 3.56. The number of Topliss-reactive ketones (excluding diaryl/α,β-unsaturated/α-hetero) is 1. The molecule has 0 aromatic heterocycles. The van der Waals surface area contributed by atoms with Crippen molar-refractivity contribution in [2.24, 2.45) is 0 Å². The summed E-state index contributed by atoms with van der Waals surface area (Å²) in [7, 11) is 0. The molecular weight excluding hydrogens is 244 g/mol. The standard InChI is InChI=1S/C15H18O4/c1-10(2)19-15(17)9-18-12-6-7-13-11(8-12)4-3-5-14(13)16/h6-8,10H,3-5,9H2,1-2H3. The van der Waals surface area contributed by atoms with Crippen LogP contribution in [0.1, 0.15) is 42.6 Å². The Balaban J connectivity index is 1.99. The van der Waals surface area contributed by atoms with Crippen molar-refractivity contribution in [1.29, 1.82) is 0 Å². The smallest absolute Gasteiger partial charge is 0.344 e. The summed E-state index contributed by atoms with van der Waals surface area (Å²) in [5.74, 6) is 0.407. The molecule has 19 heavy (non-hydrogen) atoms.